The van der Waals surface area contributed by atoms with Crippen LogP contribution in [0.15, 0.2) is 47.0 Å². The molecule has 3 aromatic rings. The Morgan fingerprint density at radius 3 is 2.39 bits per heavy atom. The molecule has 1 aliphatic heterocycles. The van der Waals surface area contributed by atoms with Crippen LogP contribution in [0.2, 0.25) is 0 Å². The van der Waals surface area contributed by atoms with Crippen LogP contribution < -0.4 is 5.32 Å². The average molecular weight is 421 g/mol. The maximum atomic E-state index is 12.8. The summed E-state index contributed by atoms with van der Waals surface area (Å²) in [5, 5.41) is 7.54. The fraction of sp³-hybridized carbons (Fsp3) is 0.227. The number of rotatable bonds is 7. The molecule has 1 aromatic heterocycles. The predicted molar refractivity (Wildman–Crippen MR) is 109 cm³/mol. The van der Waals surface area contributed by atoms with Crippen LogP contribution in [0, 0.1) is 6.92 Å². The van der Waals surface area contributed by atoms with E-state index in [-0.39, 0.29) is 37.0 Å². The first-order valence-electron chi connectivity index (χ1n) is 9.71. The number of aryl methyl sites for hydroxylation is 1. The molecule has 2 heterocycles. The summed E-state index contributed by atoms with van der Waals surface area (Å²) in [6, 6.07) is 12.2. The van der Waals surface area contributed by atoms with Crippen molar-refractivity contribution in [2.75, 3.05) is 18.5 Å². The number of nitrogens with zero attached hydrogens (tertiary/aromatic N) is 2. The first-order valence-corrected chi connectivity index (χ1v) is 9.71. The van der Waals surface area contributed by atoms with Crippen LogP contribution in [0.5, 0.6) is 0 Å². The van der Waals surface area contributed by atoms with Crippen molar-refractivity contribution in [3.05, 3.63) is 59.4 Å². The fourth-order valence-corrected chi connectivity index (χ4v) is 3.49. The third-order valence-corrected chi connectivity index (χ3v) is 4.88. The van der Waals surface area contributed by atoms with Crippen LogP contribution in [-0.4, -0.2) is 46.9 Å². The number of ether oxygens (including phenoxy) is 1. The zero-order chi connectivity index (χ0) is 22.0. The smallest absolute Gasteiger partial charge is 0.306 e. The van der Waals surface area contributed by atoms with Gasteiger partial charge in [0.2, 0.25) is 0 Å². The second-order valence-electron chi connectivity index (χ2n) is 7.11. The van der Waals surface area contributed by atoms with Crippen molar-refractivity contribution < 1.29 is 28.4 Å². The van der Waals surface area contributed by atoms with Gasteiger partial charge in [-0.05, 0) is 30.9 Å². The number of carbonyl (C=O) groups is 4. The van der Waals surface area contributed by atoms with Gasteiger partial charge in [0.05, 0.1) is 0 Å². The molecule has 0 atom stereocenters. The van der Waals surface area contributed by atoms with Gasteiger partial charge in [0.15, 0.2) is 12.4 Å². The molecule has 1 aliphatic rings. The molecular formula is C22H19N3O6. The maximum Gasteiger partial charge on any atom is 0.306 e. The lowest BCUT2D eigenvalue weighted by Crippen LogP contribution is -2.41. The molecule has 9 nitrogen and oxygen atoms in total. The van der Waals surface area contributed by atoms with Crippen LogP contribution >= 0.6 is 0 Å². The summed E-state index contributed by atoms with van der Waals surface area (Å²) in [6.45, 7) is 1.28. The predicted octanol–water partition coefficient (Wildman–Crippen LogP) is 2.69. The van der Waals surface area contributed by atoms with Crippen LogP contribution in [-0.2, 0) is 14.3 Å². The highest BCUT2D eigenvalue weighted by atomic mass is 16.5. The number of amides is 3. The van der Waals surface area contributed by atoms with Crippen LogP contribution in [0.1, 0.15) is 39.3 Å². The van der Waals surface area contributed by atoms with Crippen LogP contribution in [0.4, 0.5) is 5.82 Å². The Hall–Kier alpha value is -4.01. The van der Waals surface area contributed by atoms with E-state index in [1.54, 1.807) is 31.2 Å². The van der Waals surface area contributed by atoms with Crippen molar-refractivity contribution >= 4 is 40.3 Å². The summed E-state index contributed by atoms with van der Waals surface area (Å²) in [5.74, 6) is -1.16. The molecule has 2 aromatic carbocycles. The monoisotopic (exact) mass is 421 g/mol. The number of hydrogen-bond donors (Lipinski definition) is 1. The van der Waals surface area contributed by atoms with Gasteiger partial charge in [0.25, 0.3) is 17.7 Å². The average Bonchev–Trinajstić information content (AvgIpc) is 3.17. The van der Waals surface area contributed by atoms with Gasteiger partial charge in [0, 0.05) is 35.5 Å². The van der Waals surface area contributed by atoms with Crippen molar-refractivity contribution in [3.8, 4) is 0 Å². The van der Waals surface area contributed by atoms with E-state index in [0.717, 1.165) is 10.3 Å². The Labute approximate surface area is 176 Å². The molecule has 0 radical (unpaired) electrons. The minimum Gasteiger partial charge on any atom is -0.456 e. The highest BCUT2D eigenvalue weighted by Crippen LogP contribution is 2.30. The zero-order valence-electron chi connectivity index (χ0n) is 16.7. The summed E-state index contributed by atoms with van der Waals surface area (Å²) >= 11 is 0. The second-order valence-corrected chi connectivity index (χ2v) is 7.11. The van der Waals surface area contributed by atoms with E-state index in [4.69, 9.17) is 9.26 Å². The summed E-state index contributed by atoms with van der Waals surface area (Å²) in [6.07, 6.45) is 0.178. The Balaban J connectivity index is 1.29. The van der Waals surface area contributed by atoms with E-state index in [2.05, 4.69) is 10.5 Å². The molecule has 0 aliphatic carbocycles. The van der Waals surface area contributed by atoms with Crippen molar-refractivity contribution in [2.24, 2.45) is 0 Å². The molecule has 158 valence electrons. The largest absolute Gasteiger partial charge is 0.456 e. The standard InChI is InChI=1S/C22H19N3O6/c1-13-11-17(24-31-13)23-18(26)12-30-19(27)9-4-10-25-21(28)15-7-2-5-14-6-3-8-16(20(14)15)22(25)29/h2-3,5-8,11H,4,9-10,12H2,1H3,(H,23,24,26). The van der Waals surface area contributed by atoms with E-state index in [9.17, 15) is 19.2 Å². The zero-order valence-corrected chi connectivity index (χ0v) is 16.7. The quantitative estimate of drug-likeness (QED) is 0.460. The lowest BCUT2D eigenvalue weighted by atomic mass is 9.94. The van der Waals surface area contributed by atoms with Gasteiger partial charge >= 0.3 is 5.97 Å². The summed E-state index contributed by atoms with van der Waals surface area (Å²) in [4.78, 5) is 50.5. The number of aromatic nitrogens is 1. The minimum absolute atomic E-state index is 0.0424. The van der Waals surface area contributed by atoms with Crippen LogP contribution in [0.3, 0.4) is 0 Å². The van der Waals surface area contributed by atoms with Gasteiger partial charge in [-0.15, -0.1) is 0 Å². The molecule has 0 spiro atoms. The first kappa shape index (κ1) is 20.3. The number of carbonyl (C=O) groups excluding carboxylic acids is 4. The van der Waals surface area contributed by atoms with Gasteiger partial charge in [-0.1, -0.05) is 29.4 Å². The van der Waals surface area contributed by atoms with Crippen LogP contribution in [0.25, 0.3) is 10.8 Å². The lowest BCUT2D eigenvalue weighted by molar-refractivity contribution is -0.147. The van der Waals surface area contributed by atoms with Crippen molar-refractivity contribution in [3.63, 3.8) is 0 Å². The molecule has 9 heteroatoms. The Bertz CT molecular complexity index is 1150. The fourth-order valence-electron chi connectivity index (χ4n) is 3.49. The van der Waals surface area contributed by atoms with Crippen molar-refractivity contribution in [2.45, 2.75) is 19.8 Å². The highest BCUT2D eigenvalue weighted by molar-refractivity contribution is 6.25. The van der Waals surface area contributed by atoms with Gasteiger partial charge in [-0.25, -0.2) is 0 Å². The number of esters is 1. The number of hydrogen-bond acceptors (Lipinski definition) is 7. The molecule has 0 unspecified atom stereocenters. The lowest BCUT2D eigenvalue weighted by Gasteiger charge is -2.27. The van der Waals surface area contributed by atoms with Gasteiger partial charge in [-0.2, -0.15) is 0 Å². The first-order chi connectivity index (χ1) is 14.9. The van der Waals surface area contributed by atoms with Crippen molar-refractivity contribution in [1.29, 1.82) is 0 Å². The van der Waals surface area contributed by atoms with E-state index < -0.39 is 18.5 Å². The van der Waals surface area contributed by atoms with E-state index in [1.165, 1.54) is 6.07 Å². The van der Waals surface area contributed by atoms with Gasteiger partial charge in [-0.3, -0.25) is 24.1 Å². The maximum absolute atomic E-state index is 12.8. The Kier molecular flexibility index (Phi) is 5.48. The van der Waals surface area contributed by atoms with Gasteiger partial charge < -0.3 is 14.6 Å². The molecule has 0 saturated carbocycles. The third-order valence-electron chi connectivity index (χ3n) is 4.88. The minimum atomic E-state index is -0.606. The van der Waals surface area contributed by atoms with Gasteiger partial charge in [0.1, 0.15) is 5.76 Å². The molecular weight excluding hydrogens is 402 g/mol. The molecule has 0 bridgehead atoms. The number of nitrogens with one attached hydrogen (secondary N) is 1. The normalized spacial score (nSPS) is 12.9. The molecule has 0 fully saturated rings. The third kappa shape index (κ3) is 4.16. The molecule has 3 amide bonds. The topological polar surface area (TPSA) is 119 Å². The number of benzene rings is 2. The second kappa shape index (κ2) is 8.39. The molecule has 1 N–H and O–H groups in total. The van der Waals surface area contributed by atoms with Crippen molar-refractivity contribution in [1.82, 2.24) is 10.1 Å². The summed E-state index contributed by atoms with van der Waals surface area (Å²) in [7, 11) is 0. The van der Waals surface area contributed by atoms with E-state index >= 15 is 0 Å². The summed E-state index contributed by atoms with van der Waals surface area (Å²) < 4.78 is 9.76. The Morgan fingerprint density at radius 1 is 1.10 bits per heavy atom. The molecule has 31 heavy (non-hydrogen) atoms. The number of imide groups is 1. The Morgan fingerprint density at radius 2 is 1.77 bits per heavy atom. The van der Waals surface area contributed by atoms with E-state index in [0.29, 0.717) is 22.3 Å². The highest BCUT2D eigenvalue weighted by Gasteiger charge is 2.32. The summed E-state index contributed by atoms with van der Waals surface area (Å²) in [5.41, 5.74) is 0.935. The van der Waals surface area contributed by atoms with E-state index in [1.807, 2.05) is 12.1 Å². The molecule has 4 rings (SSSR count). The number of anilines is 1. The SMILES string of the molecule is Cc1cc(NC(=O)COC(=O)CCCN2C(=O)c3cccc4cccc(c34)C2=O)no1. The molecule has 0 saturated heterocycles.